The Balaban J connectivity index is 1.72. The van der Waals surface area contributed by atoms with Crippen molar-refractivity contribution < 1.29 is 9.90 Å². The van der Waals surface area contributed by atoms with Gasteiger partial charge in [-0.1, -0.05) is 19.9 Å². The van der Waals surface area contributed by atoms with Gasteiger partial charge in [-0.05, 0) is 68.6 Å². The molecular weight excluding hydrogens is 286 g/mol. The van der Waals surface area contributed by atoms with Gasteiger partial charge in [0.15, 0.2) is 0 Å². The zero-order chi connectivity index (χ0) is 16.6. The van der Waals surface area contributed by atoms with Crippen molar-refractivity contribution in [1.82, 2.24) is 4.90 Å². The third-order valence-electron chi connectivity index (χ3n) is 8.58. The van der Waals surface area contributed by atoms with Gasteiger partial charge in [-0.25, -0.2) is 0 Å². The molecule has 1 aliphatic heterocycles. The molecule has 2 saturated carbocycles. The largest absolute Gasteiger partial charge is 0.390 e. The van der Waals surface area contributed by atoms with Gasteiger partial charge in [0.2, 0.25) is 5.91 Å². The number of hydrogen-bond donors (Lipinski definition) is 1. The Morgan fingerprint density at radius 2 is 1.83 bits per heavy atom. The van der Waals surface area contributed by atoms with E-state index in [9.17, 15) is 9.90 Å². The quantitative estimate of drug-likeness (QED) is 0.739. The molecule has 3 fully saturated rings. The minimum absolute atomic E-state index is 0.0757. The third kappa shape index (κ3) is 1.83. The Hall–Kier alpha value is -0.830. The Bertz CT molecular complexity index is 580. The van der Waals surface area contributed by atoms with Gasteiger partial charge >= 0.3 is 0 Å². The molecule has 3 heteroatoms. The first-order chi connectivity index (χ1) is 10.7. The molecule has 0 bridgehead atoms. The summed E-state index contributed by atoms with van der Waals surface area (Å²) >= 11 is 0. The summed E-state index contributed by atoms with van der Waals surface area (Å²) in [6, 6.07) is 0. The fourth-order valence-electron chi connectivity index (χ4n) is 6.82. The predicted octanol–water partition coefficient (Wildman–Crippen LogP) is 3.73. The number of rotatable bonds is 0. The van der Waals surface area contributed by atoms with E-state index >= 15 is 0 Å². The van der Waals surface area contributed by atoms with Crippen LogP contribution in [-0.4, -0.2) is 28.6 Å². The summed E-state index contributed by atoms with van der Waals surface area (Å²) in [6.45, 7) is 6.79. The number of fused-ring (bicyclic) bond motifs is 5. The number of hydrogen-bond acceptors (Lipinski definition) is 2. The van der Waals surface area contributed by atoms with Crippen LogP contribution in [0.15, 0.2) is 11.8 Å². The maximum absolute atomic E-state index is 12.1. The lowest BCUT2D eigenvalue weighted by molar-refractivity contribution is -0.139. The van der Waals surface area contributed by atoms with Crippen molar-refractivity contribution >= 4 is 5.91 Å². The fourth-order valence-corrected chi connectivity index (χ4v) is 6.82. The second-order valence-corrected chi connectivity index (χ2v) is 9.34. The molecule has 128 valence electrons. The molecule has 23 heavy (non-hydrogen) atoms. The van der Waals surface area contributed by atoms with Crippen molar-refractivity contribution in [2.24, 2.45) is 28.6 Å². The smallest absolute Gasteiger partial charge is 0.226 e. The van der Waals surface area contributed by atoms with Crippen LogP contribution in [0, 0.1) is 28.6 Å². The second-order valence-electron chi connectivity index (χ2n) is 9.34. The summed E-state index contributed by atoms with van der Waals surface area (Å²) in [5, 5.41) is 10.9. The van der Waals surface area contributed by atoms with E-state index in [1.165, 1.54) is 18.5 Å². The zero-order valence-electron chi connectivity index (χ0n) is 15.1. The van der Waals surface area contributed by atoms with Crippen molar-refractivity contribution in [1.29, 1.82) is 0 Å². The van der Waals surface area contributed by atoms with Crippen LogP contribution >= 0.6 is 0 Å². The molecule has 3 aliphatic carbocycles. The molecule has 1 heterocycles. The molecule has 1 amide bonds. The van der Waals surface area contributed by atoms with Gasteiger partial charge in [-0.15, -0.1) is 0 Å². The average molecular weight is 317 g/mol. The van der Waals surface area contributed by atoms with Gasteiger partial charge in [0.05, 0.1) is 5.60 Å². The highest BCUT2D eigenvalue weighted by atomic mass is 16.3. The van der Waals surface area contributed by atoms with E-state index in [1.807, 2.05) is 11.9 Å². The maximum atomic E-state index is 12.1. The zero-order valence-corrected chi connectivity index (χ0v) is 15.1. The summed E-state index contributed by atoms with van der Waals surface area (Å²) in [7, 11) is 1.96. The maximum Gasteiger partial charge on any atom is 0.226 e. The topological polar surface area (TPSA) is 40.5 Å². The van der Waals surface area contributed by atoms with Gasteiger partial charge in [0.1, 0.15) is 0 Å². The molecule has 4 rings (SSSR count). The van der Waals surface area contributed by atoms with Crippen molar-refractivity contribution in [3.63, 3.8) is 0 Å². The first kappa shape index (κ1) is 15.7. The van der Waals surface area contributed by atoms with Crippen molar-refractivity contribution in [3.05, 3.63) is 11.8 Å². The van der Waals surface area contributed by atoms with E-state index in [2.05, 4.69) is 26.8 Å². The first-order valence-corrected chi connectivity index (χ1v) is 9.40. The predicted molar refractivity (Wildman–Crippen MR) is 90.5 cm³/mol. The number of carbonyl (C=O) groups is 1. The van der Waals surface area contributed by atoms with Gasteiger partial charge in [-0.2, -0.15) is 0 Å². The van der Waals surface area contributed by atoms with Gasteiger partial charge in [0, 0.05) is 24.6 Å². The summed E-state index contributed by atoms with van der Waals surface area (Å²) in [6.07, 6.45) is 9.58. The van der Waals surface area contributed by atoms with E-state index in [-0.39, 0.29) is 16.7 Å². The SMILES string of the molecule is CN1C(=O)CC[C@@]2(C)C1=CC[C@@H]1[C@H]3CC[C@@](C)(O)[C@]3(C)CC[C@@H]12. The minimum atomic E-state index is -0.507. The third-order valence-corrected chi connectivity index (χ3v) is 8.58. The average Bonchev–Trinajstić information content (AvgIpc) is 2.74. The second kappa shape index (κ2) is 4.62. The van der Waals surface area contributed by atoms with Crippen LogP contribution < -0.4 is 0 Å². The highest BCUT2D eigenvalue weighted by Crippen LogP contribution is 2.66. The van der Waals surface area contributed by atoms with E-state index in [0.717, 1.165) is 25.7 Å². The summed E-state index contributed by atoms with van der Waals surface area (Å²) in [5.41, 5.74) is 1.00. The molecule has 6 atom stereocenters. The van der Waals surface area contributed by atoms with Crippen molar-refractivity contribution in [2.75, 3.05) is 7.05 Å². The molecule has 1 saturated heterocycles. The normalized spacial score (nSPS) is 52.6. The van der Waals surface area contributed by atoms with Crippen LogP contribution in [0.1, 0.15) is 65.7 Å². The lowest BCUT2D eigenvalue weighted by Gasteiger charge is -2.59. The molecular formula is C20H31NO2. The molecule has 0 radical (unpaired) electrons. The molecule has 0 aromatic heterocycles. The Kier molecular flexibility index (Phi) is 3.15. The number of nitrogens with zero attached hydrogens (tertiary/aromatic N) is 1. The molecule has 4 aliphatic rings. The van der Waals surface area contributed by atoms with Crippen LogP contribution in [-0.2, 0) is 4.79 Å². The number of likely N-dealkylation sites (tertiary alicyclic amines) is 1. The van der Waals surface area contributed by atoms with Gasteiger partial charge in [-0.3, -0.25) is 4.79 Å². The van der Waals surface area contributed by atoms with E-state index in [4.69, 9.17) is 0 Å². The molecule has 1 N–H and O–H groups in total. The molecule has 0 aromatic rings. The van der Waals surface area contributed by atoms with E-state index in [0.29, 0.717) is 24.2 Å². The van der Waals surface area contributed by atoms with Crippen LogP contribution in [0.25, 0.3) is 0 Å². The lowest BCUT2D eigenvalue weighted by Crippen LogP contribution is -2.55. The molecule has 0 spiro atoms. The van der Waals surface area contributed by atoms with Crippen LogP contribution in [0.4, 0.5) is 0 Å². The number of aliphatic hydroxyl groups is 1. The van der Waals surface area contributed by atoms with E-state index in [1.54, 1.807) is 0 Å². The van der Waals surface area contributed by atoms with Crippen LogP contribution in [0.5, 0.6) is 0 Å². The highest BCUT2D eigenvalue weighted by molar-refractivity contribution is 5.79. The highest BCUT2D eigenvalue weighted by Gasteiger charge is 2.62. The number of allylic oxidation sites excluding steroid dienone is 2. The summed E-state index contributed by atoms with van der Waals surface area (Å²) < 4.78 is 0. The Labute approximate surface area is 140 Å². The summed E-state index contributed by atoms with van der Waals surface area (Å²) in [5.74, 6) is 2.26. The molecule has 3 nitrogen and oxygen atoms in total. The van der Waals surface area contributed by atoms with Crippen LogP contribution in [0.3, 0.4) is 0 Å². The lowest BCUT2D eigenvalue weighted by atomic mass is 9.48. The number of piperidine rings is 1. The van der Waals surface area contributed by atoms with Crippen molar-refractivity contribution in [3.8, 4) is 0 Å². The summed E-state index contributed by atoms with van der Waals surface area (Å²) in [4.78, 5) is 14.1. The van der Waals surface area contributed by atoms with Gasteiger partial charge < -0.3 is 10.0 Å². The molecule has 0 unspecified atom stereocenters. The molecule has 0 aromatic carbocycles. The number of amides is 1. The fraction of sp³-hybridized carbons (Fsp3) is 0.850. The first-order valence-electron chi connectivity index (χ1n) is 9.40. The monoisotopic (exact) mass is 317 g/mol. The van der Waals surface area contributed by atoms with Gasteiger partial charge in [0.25, 0.3) is 0 Å². The Morgan fingerprint density at radius 3 is 2.57 bits per heavy atom. The minimum Gasteiger partial charge on any atom is -0.390 e. The standard InChI is InChI=1S/C20H31NO2/c1-18-10-9-17(22)21(4)16(18)6-5-13-14(18)7-11-19(2)15(13)8-12-20(19,3)23/h6,13-15,23H,5,7-12H2,1-4H3/t13-,14-,15+,18+,19+,20+/m0/s1. The number of carbonyl (C=O) groups excluding carboxylic acids is 1. The van der Waals surface area contributed by atoms with E-state index < -0.39 is 5.60 Å². The Morgan fingerprint density at radius 1 is 1.13 bits per heavy atom. The van der Waals surface area contributed by atoms with Crippen LogP contribution in [0.2, 0.25) is 0 Å². The van der Waals surface area contributed by atoms with Crippen molar-refractivity contribution in [2.45, 2.75) is 71.3 Å².